The van der Waals surface area contributed by atoms with Crippen molar-refractivity contribution < 1.29 is 9.72 Å². The minimum absolute atomic E-state index is 0.306. The van der Waals surface area contributed by atoms with E-state index in [-0.39, 0.29) is 11.3 Å². The average Bonchev–Trinajstić information content (AvgIpc) is 2.20. The number of rotatable bonds is 4. The maximum absolute atomic E-state index is 11.6. The van der Waals surface area contributed by atoms with Crippen molar-refractivity contribution in [1.82, 2.24) is 4.57 Å². The first kappa shape index (κ1) is 11.9. The summed E-state index contributed by atoms with van der Waals surface area (Å²) in [7, 11) is 0. The fourth-order valence-corrected chi connectivity index (χ4v) is 1.30. The van der Waals surface area contributed by atoms with Gasteiger partial charge in [-0.3, -0.25) is 19.7 Å². The Morgan fingerprint density at radius 3 is 2.69 bits per heavy atom. The summed E-state index contributed by atoms with van der Waals surface area (Å²) < 4.78 is 1.12. The van der Waals surface area contributed by atoms with E-state index in [9.17, 15) is 19.7 Å². The van der Waals surface area contributed by atoms with Gasteiger partial charge in [-0.15, -0.1) is 0 Å². The SMILES string of the molecule is CCCn1cc([N+](=O)[O-])cc(C(N)=O)c1=O. The summed E-state index contributed by atoms with van der Waals surface area (Å²) >= 11 is 0. The fourth-order valence-electron chi connectivity index (χ4n) is 1.30. The van der Waals surface area contributed by atoms with Gasteiger partial charge in [-0.2, -0.15) is 0 Å². The van der Waals surface area contributed by atoms with E-state index in [1.807, 2.05) is 6.92 Å². The van der Waals surface area contributed by atoms with Crippen LogP contribution in [0, 0.1) is 10.1 Å². The maximum Gasteiger partial charge on any atom is 0.286 e. The number of amides is 1. The molecule has 1 aromatic heterocycles. The quantitative estimate of drug-likeness (QED) is 0.585. The van der Waals surface area contributed by atoms with Crippen molar-refractivity contribution in [2.45, 2.75) is 19.9 Å². The first-order valence-electron chi connectivity index (χ1n) is 4.66. The van der Waals surface area contributed by atoms with E-state index in [0.717, 1.165) is 16.8 Å². The van der Waals surface area contributed by atoms with Crippen LogP contribution in [-0.4, -0.2) is 15.4 Å². The molecular formula is C9H11N3O4. The molecule has 0 saturated heterocycles. The van der Waals surface area contributed by atoms with Crippen molar-refractivity contribution in [2.24, 2.45) is 5.73 Å². The van der Waals surface area contributed by atoms with Crippen molar-refractivity contribution >= 4 is 11.6 Å². The Bertz CT molecular complexity index is 492. The van der Waals surface area contributed by atoms with Crippen LogP contribution in [0.1, 0.15) is 23.7 Å². The molecule has 0 unspecified atom stereocenters. The Balaban J connectivity index is 3.45. The van der Waals surface area contributed by atoms with E-state index < -0.39 is 16.4 Å². The Labute approximate surface area is 90.6 Å². The number of primary amides is 1. The van der Waals surface area contributed by atoms with E-state index >= 15 is 0 Å². The van der Waals surface area contributed by atoms with Crippen LogP contribution in [0.15, 0.2) is 17.1 Å². The van der Waals surface area contributed by atoms with Gasteiger partial charge >= 0.3 is 0 Å². The van der Waals surface area contributed by atoms with E-state index in [1.54, 1.807) is 0 Å². The number of pyridine rings is 1. The van der Waals surface area contributed by atoms with Gasteiger partial charge in [-0.1, -0.05) is 6.92 Å². The van der Waals surface area contributed by atoms with Gasteiger partial charge in [0.2, 0.25) is 0 Å². The second-order valence-electron chi connectivity index (χ2n) is 3.23. The van der Waals surface area contributed by atoms with Crippen LogP contribution in [0.2, 0.25) is 0 Å². The van der Waals surface area contributed by atoms with E-state index in [2.05, 4.69) is 0 Å². The molecule has 7 heteroatoms. The number of aromatic nitrogens is 1. The lowest BCUT2D eigenvalue weighted by molar-refractivity contribution is -0.385. The van der Waals surface area contributed by atoms with Crippen LogP contribution < -0.4 is 11.3 Å². The third-order valence-corrected chi connectivity index (χ3v) is 2.01. The second-order valence-corrected chi connectivity index (χ2v) is 3.23. The number of nitrogens with two attached hydrogens (primary N) is 1. The van der Waals surface area contributed by atoms with E-state index in [1.165, 1.54) is 0 Å². The van der Waals surface area contributed by atoms with Gasteiger partial charge in [-0.25, -0.2) is 0 Å². The first-order chi connectivity index (χ1) is 7.47. The molecule has 0 aliphatic carbocycles. The van der Waals surface area contributed by atoms with Gasteiger partial charge in [0, 0.05) is 12.6 Å². The largest absolute Gasteiger partial charge is 0.365 e. The lowest BCUT2D eigenvalue weighted by Crippen LogP contribution is -2.29. The first-order valence-corrected chi connectivity index (χ1v) is 4.66. The number of carbonyl (C=O) groups excluding carboxylic acids is 1. The number of nitro groups is 1. The Morgan fingerprint density at radius 2 is 2.25 bits per heavy atom. The van der Waals surface area contributed by atoms with Gasteiger partial charge in [0.05, 0.1) is 11.1 Å². The number of hydrogen-bond donors (Lipinski definition) is 1. The zero-order valence-electron chi connectivity index (χ0n) is 8.67. The molecule has 0 aliphatic heterocycles. The third-order valence-electron chi connectivity index (χ3n) is 2.01. The molecule has 0 spiro atoms. The summed E-state index contributed by atoms with van der Waals surface area (Å²) in [6, 6.07) is 0.900. The summed E-state index contributed by atoms with van der Waals surface area (Å²) in [5.74, 6) is -0.960. The molecule has 0 bridgehead atoms. The van der Waals surface area contributed by atoms with Crippen LogP contribution in [-0.2, 0) is 6.54 Å². The number of hydrogen-bond acceptors (Lipinski definition) is 4. The summed E-state index contributed by atoms with van der Waals surface area (Å²) in [6.45, 7) is 2.12. The Morgan fingerprint density at radius 1 is 1.62 bits per heavy atom. The molecule has 0 saturated carbocycles. The molecular weight excluding hydrogens is 214 g/mol. The molecule has 1 amide bonds. The zero-order valence-corrected chi connectivity index (χ0v) is 8.67. The highest BCUT2D eigenvalue weighted by Crippen LogP contribution is 2.10. The molecule has 0 atom stereocenters. The molecule has 2 N–H and O–H groups in total. The summed E-state index contributed by atoms with van der Waals surface area (Å²) in [4.78, 5) is 32.5. The zero-order chi connectivity index (χ0) is 12.3. The Kier molecular flexibility index (Phi) is 3.39. The van der Waals surface area contributed by atoms with Crippen molar-refractivity contribution in [3.63, 3.8) is 0 Å². The molecule has 1 rings (SSSR count). The molecule has 1 heterocycles. The summed E-state index contributed by atoms with van der Waals surface area (Å²) in [5.41, 5.74) is 3.70. The highest BCUT2D eigenvalue weighted by atomic mass is 16.6. The minimum atomic E-state index is -0.960. The molecule has 16 heavy (non-hydrogen) atoms. The monoisotopic (exact) mass is 225 g/mol. The van der Waals surface area contributed by atoms with Gasteiger partial charge < -0.3 is 10.3 Å². The van der Waals surface area contributed by atoms with Crippen molar-refractivity contribution in [3.8, 4) is 0 Å². The average molecular weight is 225 g/mol. The van der Waals surface area contributed by atoms with Gasteiger partial charge in [0.1, 0.15) is 5.56 Å². The smallest absolute Gasteiger partial charge is 0.286 e. The molecule has 0 aliphatic rings. The van der Waals surface area contributed by atoms with Crippen LogP contribution in [0.3, 0.4) is 0 Å². The van der Waals surface area contributed by atoms with Gasteiger partial charge in [-0.05, 0) is 6.42 Å². The number of aryl methyl sites for hydroxylation is 1. The standard InChI is InChI=1S/C9H11N3O4/c1-2-3-11-5-6(12(15)16)4-7(8(10)13)9(11)14/h4-5H,2-3H2,1H3,(H2,10,13). The normalized spacial score (nSPS) is 10.1. The molecule has 0 radical (unpaired) electrons. The van der Waals surface area contributed by atoms with Crippen LogP contribution in [0.4, 0.5) is 5.69 Å². The van der Waals surface area contributed by atoms with Crippen molar-refractivity contribution in [3.05, 3.63) is 38.3 Å². The molecule has 7 nitrogen and oxygen atoms in total. The predicted octanol–water partition coefficient (Wildman–Crippen LogP) is 0.265. The van der Waals surface area contributed by atoms with E-state index in [0.29, 0.717) is 13.0 Å². The molecule has 0 aromatic carbocycles. The van der Waals surface area contributed by atoms with Gasteiger partial charge in [0.25, 0.3) is 17.2 Å². The number of nitrogens with zero attached hydrogens (tertiary/aromatic N) is 2. The molecule has 1 aromatic rings. The second kappa shape index (κ2) is 4.56. The van der Waals surface area contributed by atoms with Gasteiger partial charge in [0.15, 0.2) is 0 Å². The molecule has 0 fully saturated rings. The minimum Gasteiger partial charge on any atom is -0.365 e. The van der Waals surface area contributed by atoms with Crippen molar-refractivity contribution in [2.75, 3.05) is 0 Å². The maximum atomic E-state index is 11.6. The van der Waals surface area contributed by atoms with E-state index in [4.69, 9.17) is 5.73 Å². The lowest BCUT2D eigenvalue weighted by Gasteiger charge is -2.04. The predicted molar refractivity (Wildman–Crippen MR) is 56.2 cm³/mol. The third kappa shape index (κ3) is 2.25. The Hall–Kier alpha value is -2.18. The van der Waals surface area contributed by atoms with Crippen LogP contribution >= 0.6 is 0 Å². The highest BCUT2D eigenvalue weighted by Gasteiger charge is 2.16. The number of carbonyl (C=O) groups is 1. The summed E-state index contributed by atoms with van der Waals surface area (Å²) in [6.07, 6.45) is 1.73. The highest BCUT2D eigenvalue weighted by molar-refractivity contribution is 5.92. The lowest BCUT2D eigenvalue weighted by atomic mass is 10.2. The van der Waals surface area contributed by atoms with Crippen molar-refractivity contribution in [1.29, 1.82) is 0 Å². The van der Waals surface area contributed by atoms with Crippen LogP contribution in [0.5, 0.6) is 0 Å². The topological polar surface area (TPSA) is 108 Å². The van der Waals surface area contributed by atoms with Crippen LogP contribution in [0.25, 0.3) is 0 Å². The summed E-state index contributed by atoms with van der Waals surface area (Å²) in [5, 5.41) is 10.6. The fraction of sp³-hybridized carbons (Fsp3) is 0.333. The molecule has 86 valence electrons.